The highest BCUT2D eigenvalue weighted by Gasteiger charge is 2.13. The van der Waals surface area contributed by atoms with Crippen molar-refractivity contribution in [3.8, 4) is 16.9 Å². The average Bonchev–Trinajstić information content (AvgIpc) is 2.45. The zero-order valence-corrected chi connectivity index (χ0v) is 13.0. The summed E-state index contributed by atoms with van der Waals surface area (Å²) in [5.74, 6) is -0.980. The number of carbonyl (C=O) groups is 1. The molecule has 0 saturated carbocycles. The minimum absolute atomic E-state index is 0.0626. The summed E-state index contributed by atoms with van der Waals surface area (Å²) < 4.78 is 0. The molecular weight excluding hydrogens is 276 g/mol. The number of phenols is 1. The van der Waals surface area contributed by atoms with Crippen LogP contribution in [0.15, 0.2) is 48.5 Å². The lowest BCUT2D eigenvalue weighted by molar-refractivity contribution is -0.131. The monoisotopic (exact) mass is 296 g/mol. The second-order valence-electron chi connectivity index (χ2n) is 6.27. The molecule has 0 heterocycles. The average molecular weight is 296 g/mol. The first-order chi connectivity index (χ1) is 10.3. The van der Waals surface area contributed by atoms with Crippen molar-refractivity contribution in [1.29, 1.82) is 0 Å². The third-order valence-corrected chi connectivity index (χ3v) is 3.52. The van der Waals surface area contributed by atoms with Crippen LogP contribution in [0.3, 0.4) is 0 Å². The molecule has 2 N–H and O–H groups in total. The molecule has 2 rings (SSSR count). The molecule has 114 valence electrons. The van der Waals surface area contributed by atoms with E-state index < -0.39 is 5.97 Å². The number of hydrogen-bond donors (Lipinski definition) is 2. The standard InChI is InChI=1S/C19H20O3/c1-19(2,3)16-8-4-13(5-9-16)14-6-10-17(20)15(12-14)7-11-18(21)22/h4-12,20H,1-3H3,(H,21,22)/b11-7+. The van der Waals surface area contributed by atoms with Gasteiger partial charge < -0.3 is 10.2 Å². The minimum atomic E-state index is -1.04. The Labute approximate surface area is 130 Å². The Morgan fingerprint density at radius 3 is 2.14 bits per heavy atom. The molecule has 2 aromatic rings. The van der Waals surface area contributed by atoms with Gasteiger partial charge in [0.25, 0.3) is 0 Å². The SMILES string of the molecule is CC(C)(C)c1ccc(-c2ccc(O)c(/C=C/C(=O)O)c2)cc1. The molecule has 0 amide bonds. The lowest BCUT2D eigenvalue weighted by Crippen LogP contribution is -2.10. The van der Waals surface area contributed by atoms with Gasteiger partial charge in [0.2, 0.25) is 0 Å². The molecule has 0 atom stereocenters. The summed E-state index contributed by atoms with van der Waals surface area (Å²) >= 11 is 0. The zero-order valence-electron chi connectivity index (χ0n) is 13.0. The van der Waals surface area contributed by atoms with Gasteiger partial charge in [-0.05, 0) is 40.3 Å². The van der Waals surface area contributed by atoms with Crippen LogP contribution in [0.4, 0.5) is 0 Å². The van der Waals surface area contributed by atoms with Crippen LogP contribution >= 0.6 is 0 Å². The lowest BCUT2D eigenvalue weighted by atomic mass is 9.86. The summed E-state index contributed by atoms with van der Waals surface area (Å²) in [5, 5.41) is 18.5. The number of benzene rings is 2. The normalized spacial score (nSPS) is 11.8. The Kier molecular flexibility index (Phi) is 4.36. The highest BCUT2D eigenvalue weighted by atomic mass is 16.4. The van der Waals surface area contributed by atoms with Crippen molar-refractivity contribution in [3.05, 3.63) is 59.7 Å². The van der Waals surface area contributed by atoms with Gasteiger partial charge in [-0.15, -0.1) is 0 Å². The molecule has 0 aliphatic carbocycles. The van der Waals surface area contributed by atoms with Gasteiger partial charge in [-0.3, -0.25) is 0 Å². The molecular formula is C19H20O3. The van der Waals surface area contributed by atoms with Crippen LogP contribution in [0, 0.1) is 0 Å². The smallest absolute Gasteiger partial charge is 0.328 e. The van der Waals surface area contributed by atoms with Crippen LogP contribution in [-0.2, 0) is 10.2 Å². The fraction of sp³-hybridized carbons (Fsp3) is 0.211. The first kappa shape index (κ1) is 15.8. The van der Waals surface area contributed by atoms with E-state index in [1.807, 2.05) is 18.2 Å². The first-order valence-corrected chi connectivity index (χ1v) is 7.12. The van der Waals surface area contributed by atoms with Crippen LogP contribution in [0.2, 0.25) is 0 Å². The van der Waals surface area contributed by atoms with E-state index in [4.69, 9.17) is 5.11 Å². The Balaban J connectivity index is 2.37. The van der Waals surface area contributed by atoms with Gasteiger partial charge in [0.1, 0.15) is 5.75 Å². The van der Waals surface area contributed by atoms with Crippen LogP contribution < -0.4 is 0 Å². The quantitative estimate of drug-likeness (QED) is 0.822. The summed E-state index contributed by atoms with van der Waals surface area (Å²) in [4.78, 5) is 10.6. The summed E-state index contributed by atoms with van der Waals surface area (Å²) in [5.41, 5.74) is 3.80. The van der Waals surface area contributed by atoms with Gasteiger partial charge in [-0.25, -0.2) is 4.79 Å². The Morgan fingerprint density at radius 2 is 1.59 bits per heavy atom. The van der Waals surface area contributed by atoms with Crippen molar-refractivity contribution in [2.45, 2.75) is 26.2 Å². The molecule has 3 nitrogen and oxygen atoms in total. The molecule has 0 radical (unpaired) electrons. The maximum Gasteiger partial charge on any atom is 0.328 e. The van der Waals surface area contributed by atoms with E-state index in [-0.39, 0.29) is 11.2 Å². The molecule has 0 unspecified atom stereocenters. The van der Waals surface area contributed by atoms with E-state index in [1.54, 1.807) is 12.1 Å². The molecule has 0 bridgehead atoms. The first-order valence-electron chi connectivity index (χ1n) is 7.12. The molecule has 0 fully saturated rings. The third-order valence-electron chi connectivity index (χ3n) is 3.52. The highest BCUT2D eigenvalue weighted by molar-refractivity contribution is 5.86. The van der Waals surface area contributed by atoms with Crippen LogP contribution in [-0.4, -0.2) is 16.2 Å². The fourth-order valence-corrected chi connectivity index (χ4v) is 2.19. The van der Waals surface area contributed by atoms with E-state index in [0.717, 1.165) is 17.2 Å². The molecule has 0 saturated heterocycles. The number of rotatable bonds is 3. The highest BCUT2D eigenvalue weighted by Crippen LogP contribution is 2.29. The molecule has 0 spiro atoms. The van der Waals surface area contributed by atoms with Gasteiger partial charge in [-0.1, -0.05) is 51.1 Å². The van der Waals surface area contributed by atoms with Gasteiger partial charge in [-0.2, -0.15) is 0 Å². The number of hydrogen-bond acceptors (Lipinski definition) is 2. The van der Waals surface area contributed by atoms with Crippen molar-refractivity contribution in [2.75, 3.05) is 0 Å². The summed E-state index contributed by atoms with van der Waals surface area (Å²) in [6, 6.07) is 13.4. The number of carboxylic acids is 1. The Hall–Kier alpha value is -2.55. The molecule has 22 heavy (non-hydrogen) atoms. The van der Waals surface area contributed by atoms with E-state index in [2.05, 4.69) is 32.9 Å². The minimum Gasteiger partial charge on any atom is -0.507 e. The van der Waals surface area contributed by atoms with Gasteiger partial charge in [0.15, 0.2) is 0 Å². The molecule has 0 aliphatic heterocycles. The number of phenolic OH excluding ortho intramolecular Hbond substituents is 1. The summed E-state index contributed by atoms with van der Waals surface area (Å²) in [6.07, 6.45) is 2.41. The van der Waals surface area contributed by atoms with Crippen molar-refractivity contribution in [1.82, 2.24) is 0 Å². The molecule has 0 aliphatic rings. The van der Waals surface area contributed by atoms with E-state index in [1.165, 1.54) is 11.6 Å². The second-order valence-corrected chi connectivity index (χ2v) is 6.27. The predicted molar refractivity (Wildman–Crippen MR) is 88.9 cm³/mol. The van der Waals surface area contributed by atoms with Crippen molar-refractivity contribution in [3.63, 3.8) is 0 Å². The maximum absolute atomic E-state index is 10.6. The van der Waals surface area contributed by atoms with Crippen LogP contribution in [0.1, 0.15) is 31.9 Å². The molecule has 3 heteroatoms. The van der Waals surface area contributed by atoms with E-state index in [9.17, 15) is 9.90 Å². The van der Waals surface area contributed by atoms with Gasteiger partial charge >= 0.3 is 5.97 Å². The Bertz CT molecular complexity index is 704. The van der Waals surface area contributed by atoms with Gasteiger partial charge in [0, 0.05) is 11.6 Å². The second kappa shape index (κ2) is 6.06. The van der Waals surface area contributed by atoms with E-state index >= 15 is 0 Å². The van der Waals surface area contributed by atoms with E-state index in [0.29, 0.717) is 5.56 Å². The maximum atomic E-state index is 10.6. The largest absolute Gasteiger partial charge is 0.507 e. The molecule has 2 aromatic carbocycles. The number of aliphatic carboxylic acids is 1. The van der Waals surface area contributed by atoms with Crippen LogP contribution in [0.25, 0.3) is 17.2 Å². The fourth-order valence-electron chi connectivity index (χ4n) is 2.19. The van der Waals surface area contributed by atoms with Crippen molar-refractivity contribution < 1.29 is 15.0 Å². The summed E-state index contributed by atoms with van der Waals surface area (Å²) in [6.45, 7) is 6.49. The predicted octanol–water partition coefficient (Wildman–Crippen LogP) is 4.45. The van der Waals surface area contributed by atoms with Gasteiger partial charge in [0.05, 0.1) is 0 Å². The lowest BCUT2D eigenvalue weighted by Gasteiger charge is -2.19. The molecule has 0 aromatic heterocycles. The van der Waals surface area contributed by atoms with Crippen molar-refractivity contribution >= 4 is 12.0 Å². The topological polar surface area (TPSA) is 57.5 Å². The summed E-state index contributed by atoms with van der Waals surface area (Å²) in [7, 11) is 0. The van der Waals surface area contributed by atoms with Crippen LogP contribution in [0.5, 0.6) is 5.75 Å². The third kappa shape index (κ3) is 3.76. The number of aromatic hydroxyl groups is 1. The number of carboxylic acid groups (broad SMARTS) is 1. The zero-order chi connectivity index (χ0) is 16.3. The Morgan fingerprint density at radius 1 is 1.00 bits per heavy atom. The van der Waals surface area contributed by atoms with Crippen molar-refractivity contribution in [2.24, 2.45) is 0 Å².